The van der Waals surface area contributed by atoms with E-state index in [1.807, 2.05) is 0 Å². The number of anilines is 3. The third-order valence-corrected chi connectivity index (χ3v) is 11.9. The fourth-order valence-electron chi connectivity index (χ4n) is 9.44. The molecule has 0 aliphatic carbocycles. The van der Waals surface area contributed by atoms with Crippen molar-refractivity contribution in [3.05, 3.63) is 206 Å². The van der Waals surface area contributed by atoms with Gasteiger partial charge in [-0.25, -0.2) is 0 Å². The van der Waals surface area contributed by atoms with Crippen LogP contribution >= 0.6 is 0 Å². The van der Waals surface area contributed by atoms with Crippen LogP contribution in [0.15, 0.2) is 206 Å². The van der Waals surface area contributed by atoms with Gasteiger partial charge in [0, 0.05) is 33.1 Å². The Kier molecular flexibility index (Phi) is 6.66. The molecule has 0 saturated carbocycles. The van der Waals surface area contributed by atoms with Gasteiger partial charge >= 0.3 is 0 Å². The number of hydrogen-bond donors (Lipinski definition) is 0. The Labute approximate surface area is 324 Å². The first-order chi connectivity index (χ1) is 27.8. The molecule has 2 heteroatoms. The second kappa shape index (κ2) is 12.0. The fraction of sp³-hybridized carbons (Fsp3) is 0. The van der Waals surface area contributed by atoms with E-state index in [0.717, 1.165) is 11.4 Å². The first kappa shape index (κ1) is 31.0. The van der Waals surface area contributed by atoms with Gasteiger partial charge in [0.25, 0.3) is 0 Å². The molecule has 11 aromatic rings. The van der Waals surface area contributed by atoms with Gasteiger partial charge in [0.2, 0.25) is 0 Å². The highest BCUT2D eigenvalue weighted by atomic mass is 15.2. The lowest BCUT2D eigenvalue weighted by Crippen LogP contribution is -2.15. The van der Waals surface area contributed by atoms with Gasteiger partial charge in [-0.05, 0) is 103 Å². The smallest absolute Gasteiger partial charge is 0.0553 e. The van der Waals surface area contributed by atoms with Crippen LogP contribution in [0.5, 0.6) is 0 Å². The number of hydrogen-bond acceptors (Lipinski definition) is 1. The number of rotatable bonds is 4. The standard InChI is InChI=1S/C54H34N2/c1-3-18-39(19-4-1)55-49-27-13-26-47-53-46-31-29-38(44-25-12-17-36-15-8-10-23-42(36)44)33-51(46)56(40-20-5-2-6-21-40)52(53)34-48(54(47)49)45-30-28-37(32-50(45)55)43-24-11-16-35-14-7-9-22-41(35)43/h1-34H. The summed E-state index contributed by atoms with van der Waals surface area (Å²) in [5.41, 5.74) is 14.5. The van der Waals surface area contributed by atoms with E-state index in [1.54, 1.807) is 0 Å². The van der Waals surface area contributed by atoms with Crippen molar-refractivity contribution in [2.24, 2.45) is 0 Å². The summed E-state index contributed by atoms with van der Waals surface area (Å²) in [6, 6.07) is 75.8. The van der Waals surface area contributed by atoms with Gasteiger partial charge in [-0.1, -0.05) is 158 Å². The van der Waals surface area contributed by atoms with E-state index in [1.165, 1.54) is 98.9 Å². The Balaban J connectivity index is 1.18. The van der Waals surface area contributed by atoms with Gasteiger partial charge in [-0.15, -0.1) is 0 Å². The second-order valence-corrected chi connectivity index (χ2v) is 14.9. The number of benzene rings is 10. The maximum atomic E-state index is 2.48. The topological polar surface area (TPSA) is 8.17 Å². The fourth-order valence-corrected chi connectivity index (χ4v) is 9.44. The van der Waals surface area contributed by atoms with Crippen molar-refractivity contribution in [2.75, 3.05) is 4.90 Å². The van der Waals surface area contributed by atoms with Gasteiger partial charge in [-0.2, -0.15) is 0 Å². The molecule has 260 valence electrons. The largest absolute Gasteiger partial charge is 0.309 e. The van der Waals surface area contributed by atoms with Gasteiger partial charge in [-0.3, -0.25) is 0 Å². The number of para-hydroxylation sites is 2. The van der Waals surface area contributed by atoms with Gasteiger partial charge in [0.1, 0.15) is 0 Å². The molecule has 0 bridgehead atoms. The molecule has 0 N–H and O–H groups in total. The minimum absolute atomic E-state index is 1.15. The Hall–Kier alpha value is -7.42. The van der Waals surface area contributed by atoms with E-state index in [2.05, 4.69) is 216 Å². The van der Waals surface area contributed by atoms with Gasteiger partial charge in [0.15, 0.2) is 0 Å². The quantitative estimate of drug-likeness (QED) is 0.177. The lowest BCUT2D eigenvalue weighted by molar-refractivity contribution is 1.18. The highest BCUT2D eigenvalue weighted by Crippen LogP contribution is 2.54. The zero-order valence-electron chi connectivity index (χ0n) is 30.5. The van der Waals surface area contributed by atoms with Gasteiger partial charge < -0.3 is 9.47 Å². The summed E-state index contributed by atoms with van der Waals surface area (Å²) in [6.45, 7) is 0. The molecule has 1 aromatic heterocycles. The normalized spacial score (nSPS) is 12.2. The van der Waals surface area contributed by atoms with Crippen LogP contribution < -0.4 is 4.90 Å². The molecule has 56 heavy (non-hydrogen) atoms. The molecule has 0 spiro atoms. The van der Waals surface area contributed by atoms with Crippen LogP contribution in [0.1, 0.15) is 0 Å². The first-order valence-corrected chi connectivity index (χ1v) is 19.4. The molecule has 1 aliphatic heterocycles. The van der Waals surface area contributed by atoms with Crippen LogP contribution in [-0.4, -0.2) is 4.57 Å². The summed E-state index contributed by atoms with van der Waals surface area (Å²) in [6.07, 6.45) is 0. The molecular weight excluding hydrogens is 677 g/mol. The average molecular weight is 711 g/mol. The molecule has 0 atom stereocenters. The summed E-state index contributed by atoms with van der Waals surface area (Å²) in [7, 11) is 0. The third-order valence-electron chi connectivity index (χ3n) is 11.9. The minimum Gasteiger partial charge on any atom is -0.309 e. The Morgan fingerprint density at radius 3 is 1.57 bits per heavy atom. The third kappa shape index (κ3) is 4.50. The van der Waals surface area contributed by atoms with E-state index in [-0.39, 0.29) is 0 Å². The summed E-state index contributed by atoms with van der Waals surface area (Å²) < 4.78 is 2.48. The van der Waals surface area contributed by atoms with Crippen molar-refractivity contribution in [3.8, 4) is 39.1 Å². The maximum Gasteiger partial charge on any atom is 0.0553 e. The average Bonchev–Trinajstić information content (AvgIpc) is 3.60. The Morgan fingerprint density at radius 1 is 0.286 bits per heavy atom. The molecule has 0 radical (unpaired) electrons. The van der Waals surface area contributed by atoms with E-state index in [9.17, 15) is 0 Å². The zero-order chi connectivity index (χ0) is 36.7. The van der Waals surface area contributed by atoms with E-state index >= 15 is 0 Å². The van der Waals surface area contributed by atoms with Crippen LogP contribution in [0.2, 0.25) is 0 Å². The maximum absolute atomic E-state index is 2.48. The van der Waals surface area contributed by atoms with Crippen LogP contribution in [-0.2, 0) is 0 Å². The van der Waals surface area contributed by atoms with E-state index in [0.29, 0.717) is 0 Å². The van der Waals surface area contributed by atoms with Crippen molar-refractivity contribution in [1.82, 2.24) is 4.57 Å². The van der Waals surface area contributed by atoms with E-state index in [4.69, 9.17) is 0 Å². The van der Waals surface area contributed by atoms with Crippen molar-refractivity contribution in [2.45, 2.75) is 0 Å². The summed E-state index contributed by atoms with van der Waals surface area (Å²) in [5.74, 6) is 0. The molecule has 0 saturated heterocycles. The zero-order valence-corrected chi connectivity index (χ0v) is 30.5. The highest BCUT2D eigenvalue weighted by Gasteiger charge is 2.29. The summed E-state index contributed by atoms with van der Waals surface area (Å²) in [4.78, 5) is 2.47. The Bertz CT molecular complexity index is 3350. The van der Waals surface area contributed by atoms with Crippen LogP contribution in [0.3, 0.4) is 0 Å². The van der Waals surface area contributed by atoms with Crippen molar-refractivity contribution < 1.29 is 0 Å². The molecule has 10 aromatic carbocycles. The molecular formula is C54H34N2. The van der Waals surface area contributed by atoms with Gasteiger partial charge in [0.05, 0.1) is 22.4 Å². The van der Waals surface area contributed by atoms with Crippen molar-refractivity contribution >= 4 is 71.2 Å². The SMILES string of the molecule is c1ccc(N2c3cc(-c4cccc5ccccc45)ccc3-c3cc4c(c5cccc2c35)c2ccc(-c3cccc5ccccc35)cc2n4-c2ccccc2)cc1. The number of aromatic nitrogens is 1. The lowest BCUT2D eigenvalue weighted by Gasteiger charge is -2.34. The molecule has 12 rings (SSSR count). The Morgan fingerprint density at radius 2 is 0.857 bits per heavy atom. The van der Waals surface area contributed by atoms with Crippen molar-refractivity contribution in [1.29, 1.82) is 0 Å². The van der Waals surface area contributed by atoms with Crippen LogP contribution in [0.25, 0.3) is 93.2 Å². The molecule has 0 amide bonds. The highest BCUT2D eigenvalue weighted by molar-refractivity contribution is 6.29. The number of fused-ring (bicyclic) bond motifs is 8. The monoisotopic (exact) mass is 710 g/mol. The van der Waals surface area contributed by atoms with E-state index < -0.39 is 0 Å². The lowest BCUT2D eigenvalue weighted by atomic mass is 9.87. The van der Waals surface area contributed by atoms with Crippen LogP contribution in [0, 0.1) is 0 Å². The molecule has 0 fully saturated rings. The molecule has 2 heterocycles. The second-order valence-electron chi connectivity index (χ2n) is 14.9. The first-order valence-electron chi connectivity index (χ1n) is 19.4. The summed E-state index contributed by atoms with van der Waals surface area (Å²) in [5, 5.41) is 10.1. The molecule has 0 unspecified atom stereocenters. The molecule has 1 aliphatic rings. The predicted molar refractivity (Wildman–Crippen MR) is 238 cm³/mol. The molecule has 2 nitrogen and oxygen atoms in total. The van der Waals surface area contributed by atoms with Crippen LogP contribution in [0.4, 0.5) is 17.1 Å². The predicted octanol–water partition coefficient (Wildman–Crippen LogP) is 15.0. The summed E-state index contributed by atoms with van der Waals surface area (Å²) >= 11 is 0. The van der Waals surface area contributed by atoms with Crippen molar-refractivity contribution in [3.63, 3.8) is 0 Å². The number of nitrogens with zero attached hydrogens (tertiary/aromatic N) is 2. The minimum atomic E-state index is 1.15.